The van der Waals surface area contributed by atoms with Crippen molar-refractivity contribution in [3.8, 4) is 5.88 Å². The number of para-hydroxylation sites is 1. The van der Waals surface area contributed by atoms with Gasteiger partial charge in [0.05, 0.1) is 23.0 Å². The van der Waals surface area contributed by atoms with Gasteiger partial charge in [-0.2, -0.15) is 0 Å². The molecule has 150 valence electrons. The number of anilines is 1. The van der Waals surface area contributed by atoms with Crippen LogP contribution in [0.25, 0.3) is 10.9 Å². The number of nitrogens with zero attached hydrogens (tertiary/aromatic N) is 3. The van der Waals surface area contributed by atoms with Gasteiger partial charge in [0, 0.05) is 50.2 Å². The first-order chi connectivity index (χ1) is 13.9. The number of aromatic nitrogens is 1. The zero-order valence-electron chi connectivity index (χ0n) is 16.4. The minimum atomic E-state index is -0.353. The molecule has 0 radical (unpaired) electrons. The highest BCUT2D eigenvalue weighted by Gasteiger charge is 2.28. The fourth-order valence-electron chi connectivity index (χ4n) is 3.79. The van der Waals surface area contributed by atoms with Crippen LogP contribution >= 0.6 is 0 Å². The lowest BCUT2D eigenvalue weighted by molar-refractivity contribution is -0.129. The van der Waals surface area contributed by atoms with E-state index in [-0.39, 0.29) is 23.6 Å². The molecule has 1 fully saturated rings. The first-order valence-corrected chi connectivity index (χ1v) is 9.55. The van der Waals surface area contributed by atoms with Crippen molar-refractivity contribution in [2.75, 3.05) is 25.0 Å². The number of nitrogens with one attached hydrogen (secondary N) is 1. The van der Waals surface area contributed by atoms with Gasteiger partial charge in [-0.05, 0) is 24.6 Å². The van der Waals surface area contributed by atoms with Crippen LogP contribution in [0.5, 0.6) is 5.88 Å². The number of carbonyl (C=O) groups is 1. The predicted molar refractivity (Wildman–Crippen MR) is 113 cm³/mol. The zero-order valence-corrected chi connectivity index (χ0v) is 16.4. The highest BCUT2D eigenvalue weighted by atomic mass is 19.1. The van der Waals surface area contributed by atoms with E-state index in [4.69, 9.17) is 0 Å². The van der Waals surface area contributed by atoms with Gasteiger partial charge in [-0.25, -0.2) is 4.39 Å². The van der Waals surface area contributed by atoms with Crippen LogP contribution in [0.15, 0.2) is 47.5 Å². The molecule has 0 spiro atoms. The average Bonchev–Trinajstić information content (AvgIpc) is 3.30. The molecule has 6 nitrogen and oxygen atoms in total. The molecule has 29 heavy (non-hydrogen) atoms. The first-order valence-electron chi connectivity index (χ1n) is 9.55. The normalized spacial score (nSPS) is 16.8. The summed E-state index contributed by atoms with van der Waals surface area (Å²) in [6.07, 6.45) is 2.35. The van der Waals surface area contributed by atoms with Crippen molar-refractivity contribution in [3.63, 3.8) is 0 Å². The van der Waals surface area contributed by atoms with Gasteiger partial charge in [0.2, 0.25) is 5.91 Å². The molecule has 2 aromatic carbocycles. The smallest absolute Gasteiger partial charge is 0.219 e. The Labute approximate surface area is 168 Å². The van der Waals surface area contributed by atoms with Crippen molar-refractivity contribution in [2.24, 2.45) is 4.99 Å². The molecule has 4 rings (SSSR count). The van der Waals surface area contributed by atoms with Crippen LogP contribution in [0.2, 0.25) is 0 Å². The molecule has 1 saturated heterocycles. The van der Waals surface area contributed by atoms with E-state index in [1.165, 1.54) is 12.3 Å². The van der Waals surface area contributed by atoms with Crippen LogP contribution in [0.3, 0.4) is 0 Å². The van der Waals surface area contributed by atoms with E-state index in [1.807, 2.05) is 29.2 Å². The average molecular weight is 394 g/mol. The molecule has 1 atom stereocenters. The van der Waals surface area contributed by atoms with E-state index in [0.717, 1.165) is 17.3 Å². The second kappa shape index (κ2) is 7.58. The number of fused-ring (bicyclic) bond motifs is 1. The Kier molecular flexibility index (Phi) is 4.96. The molecule has 1 amide bonds. The minimum absolute atomic E-state index is 0.0162. The summed E-state index contributed by atoms with van der Waals surface area (Å²) in [6.45, 7) is 2.85. The lowest BCUT2D eigenvalue weighted by Crippen LogP contribution is -2.37. The second-order valence-electron chi connectivity index (χ2n) is 7.35. The maximum Gasteiger partial charge on any atom is 0.219 e. The Balaban J connectivity index is 1.53. The summed E-state index contributed by atoms with van der Waals surface area (Å²) in [5.74, 6) is -0.304. The lowest BCUT2D eigenvalue weighted by Gasteiger charge is -2.24. The molecule has 0 aliphatic carbocycles. The summed E-state index contributed by atoms with van der Waals surface area (Å²) in [5.41, 5.74) is 2.36. The van der Waals surface area contributed by atoms with Gasteiger partial charge in [0.1, 0.15) is 5.82 Å². The molecule has 0 bridgehead atoms. The number of likely N-dealkylation sites (N-methyl/N-ethyl adjacent to an activating group) is 1. The number of carbonyl (C=O) groups excluding carboxylic acids is 1. The Morgan fingerprint density at radius 1 is 1.34 bits per heavy atom. The summed E-state index contributed by atoms with van der Waals surface area (Å²) in [7, 11) is 1.78. The molecule has 1 aromatic heterocycles. The predicted octanol–water partition coefficient (Wildman–Crippen LogP) is 3.82. The van der Waals surface area contributed by atoms with Crippen molar-refractivity contribution < 1.29 is 14.3 Å². The van der Waals surface area contributed by atoms with E-state index in [1.54, 1.807) is 31.0 Å². The number of halogens is 1. The summed E-state index contributed by atoms with van der Waals surface area (Å²) in [4.78, 5) is 22.5. The molecular formula is C22H23FN4O2. The summed E-state index contributed by atoms with van der Waals surface area (Å²) >= 11 is 0. The third kappa shape index (κ3) is 3.68. The molecule has 1 aliphatic heterocycles. The van der Waals surface area contributed by atoms with Crippen molar-refractivity contribution in [1.29, 1.82) is 0 Å². The van der Waals surface area contributed by atoms with E-state index in [2.05, 4.69) is 9.98 Å². The molecule has 0 saturated carbocycles. The van der Waals surface area contributed by atoms with E-state index in [9.17, 15) is 14.3 Å². The van der Waals surface area contributed by atoms with E-state index in [0.29, 0.717) is 30.0 Å². The number of rotatable bonds is 4. The van der Waals surface area contributed by atoms with Crippen LogP contribution < -0.4 is 4.90 Å². The van der Waals surface area contributed by atoms with Gasteiger partial charge < -0.3 is 19.9 Å². The minimum Gasteiger partial charge on any atom is -0.494 e. The third-order valence-electron chi connectivity index (χ3n) is 5.55. The topological polar surface area (TPSA) is 71.9 Å². The number of H-pyrrole nitrogens is 1. The number of hydrogen-bond donors (Lipinski definition) is 2. The van der Waals surface area contributed by atoms with Crippen molar-refractivity contribution >= 4 is 34.4 Å². The molecule has 7 heteroatoms. The zero-order chi connectivity index (χ0) is 20.5. The standard InChI is InChI=1S/C22H23FN4O2/c1-14(28)26(2)16-9-10-27(13-16)21-8-7-15(11-19(21)23)24-12-18-17-5-3-4-6-20(17)25-22(18)29/h3-8,11-12,16,25,29H,9-10,13H2,1-2H3. The SMILES string of the molecule is CC(=O)N(C)C1CCN(c2ccc(N=Cc3c(O)[nH]c4ccccc34)cc2F)C1. The highest BCUT2D eigenvalue weighted by Crippen LogP contribution is 2.30. The van der Waals surface area contributed by atoms with Crippen molar-refractivity contribution in [2.45, 2.75) is 19.4 Å². The molecule has 3 aromatic rings. The van der Waals surface area contributed by atoms with E-state index < -0.39 is 0 Å². The number of aliphatic imine (C=N–C) groups is 1. The molecule has 1 unspecified atom stereocenters. The van der Waals surface area contributed by atoms with E-state index >= 15 is 0 Å². The van der Waals surface area contributed by atoms with Crippen molar-refractivity contribution in [3.05, 3.63) is 53.8 Å². The summed E-state index contributed by atoms with van der Waals surface area (Å²) in [6, 6.07) is 12.5. The van der Waals surface area contributed by atoms with Crippen LogP contribution in [0.4, 0.5) is 15.8 Å². The van der Waals surface area contributed by atoms with Gasteiger partial charge >= 0.3 is 0 Å². The van der Waals surface area contributed by atoms with Crippen LogP contribution in [0.1, 0.15) is 18.9 Å². The Bertz CT molecular complexity index is 1090. The number of amides is 1. The number of benzene rings is 2. The van der Waals surface area contributed by atoms with Crippen LogP contribution in [-0.4, -0.2) is 53.3 Å². The fraction of sp³-hybridized carbons (Fsp3) is 0.273. The van der Waals surface area contributed by atoms with Gasteiger partial charge in [-0.15, -0.1) is 0 Å². The number of aromatic hydroxyl groups is 1. The number of aromatic amines is 1. The quantitative estimate of drug-likeness (QED) is 0.661. The third-order valence-corrected chi connectivity index (χ3v) is 5.55. The summed E-state index contributed by atoms with van der Waals surface area (Å²) < 4.78 is 14.7. The summed E-state index contributed by atoms with van der Waals surface area (Å²) in [5, 5.41) is 11.0. The van der Waals surface area contributed by atoms with Gasteiger partial charge in [0.15, 0.2) is 5.88 Å². The molecule has 2 heterocycles. The van der Waals surface area contributed by atoms with Crippen molar-refractivity contribution in [1.82, 2.24) is 9.88 Å². The largest absolute Gasteiger partial charge is 0.494 e. The van der Waals surface area contributed by atoms with Gasteiger partial charge in [-0.1, -0.05) is 18.2 Å². The Morgan fingerprint density at radius 3 is 2.90 bits per heavy atom. The molecular weight excluding hydrogens is 371 g/mol. The van der Waals surface area contributed by atoms with Gasteiger partial charge in [-0.3, -0.25) is 9.79 Å². The molecule has 2 N–H and O–H groups in total. The molecule has 1 aliphatic rings. The fourth-order valence-corrected chi connectivity index (χ4v) is 3.79. The monoisotopic (exact) mass is 394 g/mol. The van der Waals surface area contributed by atoms with Crippen LogP contribution in [0, 0.1) is 5.82 Å². The second-order valence-corrected chi connectivity index (χ2v) is 7.35. The Hall–Kier alpha value is -3.35. The number of hydrogen-bond acceptors (Lipinski definition) is 4. The maximum atomic E-state index is 14.7. The Morgan fingerprint density at radius 2 is 2.14 bits per heavy atom. The van der Waals surface area contributed by atoms with Gasteiger partial charge in [0.25, 0.3) is 0 Å². The van der Waals surface area contributed by atoms with Crippen LogP contribution in [-0.2, 0) is 4.79 Å². The first kappa shape index (κ1) is 19.0. The maximum absolute atomic E-state index is 14.7. The highest BCUT2D eigenvalue weighted by molar-refractivity contribution is 6.02. The lowest BCUT2D eigenvalue weighted by atomic mass is 10.2.